The lowest BCUT2D eigenvalue weighted by atomic mass is 9.89. The van der Waals surface area contributed by atoms with Gasteiger partial charge in [0.1, 0.15) is 12.4 Å². The Morgan fingerprint density at radius 3 is 2.95 bits per heavy atom. The van der Waals surface area contributed by atoms with Crippen molar-refractivity contribution in [1.29, 1.82) is 0 Å². The number of ether oxygens (including phenoxy) is 1. The van der Waals surface area contributed by atoms with Crippen molar-refractivity contribution in [2.24, 2.45) is 10.2 Å². The molecule has 1 aliphatic heterocycles. The van der Waals surface area contributed by atoms with Crippen molar-refractivity contribution in [3.05, 3.63) is 53.8 Å². The summed E-state index contributed by atoms with van der Waals surface area (Å²) in [5.41, 5.74) is 3.49. The SMILES string of the molecule is C=CCOc1ccc(C(C)CC2=CN=NC(=O)C2)c(C)c1. The van der Waals surface area contributed by atoms with E-state index in [1.165, 1.54) is 11.1 Å². The standard InChI is InChI=1S/C17H20N2O2/c1-4-7-21-15-5-6-16(13(3)9-15)12(2)8-14-10-17(20)19-18-11-14/h4-6,9,11-12H,1,7-8,10H2,2-3H3. The lowest BCUT2D eigenvalue weighted by molar-refractivity contribution is -0.117. The largest absolute Gasteiger partial charge is 0.490 e. The molecule has 0 bridgehead atoms. The van der Waals surface area contributed by atoms with E-state index in [4.69, 9.17) is 4.74 Å². The van der Waals surface area contributed by atoms with Crippen molar-refractivity contribution in [3.8, 4) is 5.75 Å². The molecule has 1 aromatic rings. The maximum absolute atomic E-state index is 11.3. The molecule has 0 aliphatic carbocycles. The molecule has 0 spiro atoms. The molecule has 0 radical (unpaired) electrons. The van der Waals surface area contributed by atoms with Gasteiger partial charge in [-0.1, -0.05) is 25.6 Å². The highest BCUT2D eigenvalue weighted by atomic mass is 16.5. The molecule has 1 unspecified atom stereocenters. The molecule has 110 valence electrons. The average molecular weight is 284 g/mol. The minimum atomic E-state index is -0.162. The number of carbonyl (C=O) groups excluding carboxylic acids is 1. The highest BCUT2D eigenvalue weighted by Gasteiger charge is 2.15. The molecule has 0 saturated carbocycles. The van der Waals surface area contributed by atoms with E-state index in [0.717, 1.165) is 17.7 Å². The Morgan fingerprint density at radius 1 is 1.48 bits per heavy atom. The summed E-state index contributed by atoms with van der Waals surface area (Å²) in [5, 5.41) is 7.24. The van der Waals surface area contributed by atoms with Crippen molar-refractivity contribution in [1.82, 2.24) is 0 Å². The van der Waals surface area contributed by atoms with Crippen LogP contribution in [0.1, 0.15) is 36.8 Å². The monoisotopic (exact) mass is 284 g/mol. The quantitative estimate of drug-likeness (QED) is 0.730. The van der Waals surface area contributed by atoms with Gasteiger partial charge in [-0.05, 0) is 48.1 Å². The van der Waals surface area contributed by atoms with E-state index in [2.05, 4.69) is 36.7 Å². The molecule has 2 rings (SSSR count). The Labute approximate surface area is 125 Å². The highest BCUT2D eigenvalue weighted by molar-refractivity contribution is 5.79. The third-order valence-corrected chi connectivity index (χ3v) is 3.50. The van der Waals surface area contributed by atoms with E-state index < -0.39 is 0 Å². The first-order chi connectivity index (χ1) is 10.1. The topological polar surface area (TPSA) is 51.0 Å². The number of hydrogen-bond acceptors (Lipinski definition) is 3. The zero-order valence-corrected chi connectivity index (χ0v) is 12.5. The summed E-state index contributed by atoms with van der Waals surface area (Å²) >= 11 is 0. The number of benzene rings is 1. The van der Waals surface area contributed by atoms with Crippen LogP contribution >= 0.6 is 0 Å². The Hall–Kier alpha value is -2.23. The van der Waals surface area contributed by atoms with Crippen molar-refractivity contribution in [3.63, 3.8) is 0 Å². The van der Waals surface area contributed by atoms with Crippen molar-refractivity contribution >= 4 is 5.91 Å². The number of azo groups is 1. The molecular weight excluding hydrogens is 264 g/mol. The van der Waals surface area contributed by atoms with Crippen LogP contribution in [0.2, 0.25) is 0 Å². The fourth-order valence-corrected chi connectivity index (χ4v) is 2.52. The van der Waals surface area contributed by atoms with Crippen LogP contribution in [-0.4, -0.2) is 12.5 Å². The second-order valence-electron chi connectivity index (χ2n) is 5.30. The summed E-state index contributed by atoms with van der Waals surface area (Å²) in [5.74, 6) is 1.01. The predicted molar refractivity (Wildman–Crippen MR) is 82.5 cm³/mol. The van der Waals surface area contributed by atoms with Gasteiger partial charge in [0.05, 0.1) is 6.42 Å². The Balaban J connectivity index is 2.07. The fourth-order valence-electron chi connectivity index (χ4n) is 2.52. The highest BCUT2D eigenvalue weighted by Crippen LogP contribution is 2.30. The van der Waals surface area contributed by atoms with Gasteiger partial charge in [-0.15, -0.1) is 5.11 Å². The van der Waals surface area contributed by atoms with Gasteiger partial charge in [-0.25, -0.2) is 0 Å². The van der Waals surface area contributed by atoms with E-state index in [0.29, 0.717) is 18.9 Å². The third-order valence-electron chi connectivity index (χ3n) is 3.50. The summed E-state index contributed by atoms with van der Waals surface area (Å²) in [4.78, 5) is 11.3. The van der Waals surface area contributed by atoms with Crippen LogP contribution < -0.4 is 4.74 Å². The maximum Gasteiger partial charge on any atom is 0.268 e. The van der Waals surface area contributed by atoms with Crippen LogP contribution in [0.15, 0.2) is 52.9 Å². The zero-order chi connectivity index (χ0) is 15.2. The summed E-state index contributed by atoms with van der Waals surface area (Å²) in [7, 11) is 0. The van der Waals surface area contributed by atoms with Crippen molar-refractivity contribution in [2.45, 2.75) is 32.6 Å². The van der Waals surface area contributed by atoms with Gasteiger partial charge in [0.25, 0.3) is 5.91 Å². The summed E-state index contributed by atoms with van der Waals surface area (Å²) in [6, 6.07) is 6.10. The Morgan fingerprint density at radius 2 is 2.29 bits per heavy atom. The Bertz CT molecular complexity index is 603. The van der Waals surface area contributed by atoms with Crippen LogP contribution in [-0.2, 0) is 4.79 Å². The van der Waals surface area contributed by atoms with Gasteiger partial charge in [0.2, 0.25) is 0 Å². The van der Waals surface area contributed by atoms with E-state index in [1.807, 2.05) is 12.1 Å². The Kier molecular flexibility index (Phi) is 5.04. The van der Waals surface area contributed by atoms with Crippen molar-refractivity contribution in [2.75, 3.05) is 6.61 Å². The molecule has 1 heterocycles. The lowest BCUT2D eigenvalue weighted by Gasteiger charge is -2.17. The molecule has 0 aromatic heterocycles. The fraction of sp³-hybridized carbons (Fsp3) is 0.353. The number of nitrogens with zero attached hydrogens (tertiary/aromatic N) is 2. The molecule has 4 heteroatoms. The van der Waals surface area contributed by atoms with Gasteiger partial charge in [-0.3, -0.25) is 4.79 Å². The van der Waals surface area contributed by atoms with Crippen LogP contribution in [0.3, 0.4) is 0 Å². The van der Waals surface area contributed by atoms with Gasteiger partial charge >= 0.3 is 0 Å². The molecule has 0 saturated heterocycles. The molecule has 1 aromatic carbocycles. The van der Waals surface area contributed by atoms with Gasteiger partial charge in [-0.2, -0.15) is 5.11 Å². The van der Waals surface area contributed by atoms with Gasteiger partial charge < -0.3 is 4.74 Å². The summed E-state index contributed by atoms with van der Waals surface area (Å²) in [6.45, 7) is 8.38. The average Bonchev–Trinajstić information content (AvgIpc) is 2.45. The van der Waals surface area contributed by atoms with E-state index in [9.17, 15) is 4.79 Å². The van der Waals surface area contributed by atoms with Crippen molar-refractivity contribution < 1.29 is 9.53 Å². The van der Waals surface area contributed by atoms with Crippen LogP contribution in [0.5, 0.6) is 5.75 Å². The van der Waals surface area contributed by atoms with Gasteiger partial charge in [0, 0.05) is 6.20 Å². The molecular formula is C17H20N2O2. The molecule has 4 nitrogen and oxygen atoms in total. The van der Waals surface area contributed by atoms with E-state index in [1.54, 1.807) is 12.3 Å². The second-order valence-corrected chi connectivity index (χ2v) is 5.30. The minimum absolute atomic E-state index is 0.162. The number of carbonyl (C=O) groups is 1. The molecule has 1 aliphatic rings. The zero-order valence-electron chi connectivity index (χ0n) is 12.5. The van der Waals surface area contributed by atoms with Crippen LogP contribution in [0.25, 0.3) is 0 Å². The van der Waals surface area contributed by atoms with Crippen LogP contribution in [0.4, 0.5) is 0 Å². The molecule has 0 fully saturated rings. The second kappa shape index (κ2) is 6.97. The maximum atomic E-state index is 11.3. The first-order valence-corrected chi connectivity index (χ1v) is 7.06. The molecule has 1 amide bonds. The predicted octanol–water partition coefficient (Wildman–Crippen LogP) is 4.32. The number of aryl methyl sites for hydroxylation is 1. The first-order valence-electron chi connectivity index (χ1n) is 7.06. The number of rotatable bonds is 6. The van der Waals surface area contributed by atoms with E-state index in [-0.39, 0.29) is 5.91 Å². The minimum Gasteiger partial charge on any atom is -0.490 e. The first kappa shape index (κ1) is 15.2. The number of amides is 1. The molecule has 0 N–H and O–H groups in total. The summed E-state index contributed by atoms with van der Waals surface area (Å²) in [6.07, 6.45) is 4.63. The lowest BCUT2D eigenvalue weighted by Crippen LogP contribution is -2.04. The molecule has 1 atom stereocenters. The number of hydrogen-bond donors (Lipinski definition) is 0. The smallest absolute Gasteiger partial charge is 0.268 e. The van der Waals surface area contributed by atoms with Crippen LogP contribution in [0, 0.1) is 6.92 Å². The van der Waals surface area contributed by atoms with Gasteiger partial charge in [0.15, 0.2) is 0 Å². The normalized spacial score (nSPS) is 15.5. The third kappa shape index (κ3) is 4.12. The summed E-state index contributed by atoms with van der Waals surface area (Å²) < 4.78 is 5.53. The van der Waals surface area contributed by atoms with E-state index >= 15 is 0 Å². The molecule has 21 heavy (non-hydrogen) atoms.